The lowest BCUT2D eigenvalue weighted by molar-refractivity contribution is 0.186. The molecule has 0 amide bonds. The van der Waals surface area contributed by atoms with Gasteiger partial charge >= 0.3 is 4.87 Å². The smallest absolute Gasteiger partial charge is 0.305 e. The van der Waals surface area contributed by atoms with E-state index in [0.717, 1.165) is 15.8 Å². The minimum absolute atomic E-state index is 0.0152. The van der Waals surface area contributed by atoms with Crippen LogP contribution in [0.25, 0.3) is 10.2 Å². The summed E-state index contributed by atoms with van der Waals surface area (Å²) < 4.78 is 6.01. The Morgan fingerprint density at radius 1 is 1.54 bits per heavy atom. The van der Waals surface area contributed by atoms with E-state index in [4.69, 9.17) is 4.74 Å². The van der Waals surface area contributed by atoms with Crippen LogP contribution in [0.15, 0.2) is 23.0 Å². The van der Waals surface area contributed by atoms with Crippen molar-refractivity contribution in [1.82, 2.24) is 4.98 Å². The van der Waals surface area contributed by atoms with Crippen molar-refractivity contribution in [2.24, 2.45) is 0 Å². The molecule has 0 unspecified atom stereocenters. The minimum Gasteiger partial charge on any atom is -0.380 e. The third kappa shape index (κ3) is 1.50. The predicted molar refractivity (Wildman–Crippen MR) is 53.2 cm³/mol. The van der Waals surface area contributed by atoms with Gasteiger partial charge in [0.1, 0.15) is 0 Å². The maximum atomic E-state index is 11.1. The number of fused-ring (bicyclic) bond motifs is 1. The molecule has 0 bridgehead atoms. The maximum Gasteiger partial charge on any atom is 0.305 e. The zero-order valence-electron chi connectivity index (χ0n) is 7.16. The monoisotopic (exact) mass is 195 g/mol. The van der Waals surface area contributed by atoms with Gasteiger partial charge in [-0.15, -0.1) is 0 Å². The van der Waals surface area contributed by atoms with Gasteiger partial charge in [0, 0.05) is 12.7 Å². The fourth-order valence-corrected chi connectivity index (χ4v) is 2.09. The second-order valence-corrected chi connectivity index (χ2v) is 3.75. The average molecular weight is 195 g/mol. The fraction of sp³-hybridized carbons (Fsp3) is 0.222. The lowest BCUT2D eigenvalue weighted by Crippen LogP contribution is -1.93. The molecule has 3 nitrogen and oxygen atoms in total. The summed E-state index contributed by atoms with van der Waals surface area (Å²) in [6.45, 7) is 0.532. The summed E-state index contributed by atoms with van der Waals surface area (Å²) in [5.41, 5.74) is 1.93. The summed E-state index contributed by atoms with van der Waals surface area (Å²) in [7, 11) is 1.64. The second kappa shape index (κ2) is 3.32. The molecule has 0 saturated heterocycles. The van der Waals surface area contributed by atoms with Crippen LogP contribution in [-0.4, -0.2) is 12.1 Å². The quantitative estimate of drug-likeness (QED) is 0.793. The number of aromatic nitrogens is 1. The number of methoxy groups -OCH3 is 1. The van der Waals surface area contributed by atoms with E-state index in [1.807, 2.05) is 18.2 Å². The van der Waals surface area contributed by atoms with Gasteiger partial charge in [0.25, 0.3) is 0 Å². The molecule has 13 heavy (non-hydrogen) atoms. The largest absolute Gasteiger partial charge is 0.380 e. The number of thiazole rings is 1. The summed E-state index contributed by atoms with van der Waals surface area (Å²) in [4.78, 5) is 13.8. The molecule has 0 aliphatic carbocycles. The molecule has 4 heteroatoms. The number of ether oxygens (including phenoxy) is 1. The van der Waals surface area contributed by atoms with E-state index < -0.39 is 0 Å². The molecule has 1 N–H and O–H groups in total. The number of para-hydroxylation sites is 1. The number of nitrogens with one attached hydrogen (secondary N) is 1. The zero-order valence-corrected chi connectivity index (χ0v) is 7.98. The molecule has 0 spiro atoms. The first-order valence-electron chi connectivity index (χ1n) is 3.91. The highest BCUT2D eigenvalue weighted by molar-refractivity contribution is 7.16. The van der Waals surface area contributed by atoms with Gasteiger partial charge in [-0.05, 0) is 6.07 Å². The van der Waals surface area contributed by atoms with Crippen molar-refractivity contribution in [2.45, 2.75) is 6.61 Å². The van der Waals surface area contributed by atoms with Crippen molar-refractivity contribution in [3.8, 4) is 0 Å². The van der Waals surface area contributed by atoms with E-state index in [9.17, 15) is 4.79 Å². The number of rotatable bonds is 2. The van der Waals surface area contributed by atoms with E-state index in [-0.39, 0.29) is 4.87 Å². The number of hydrogen-bond donors (Lipinski definition) is 1. The van der Waals surface area contributed by atoms with Gasteiger partial charge < -0.3 is 9.72 Å². The van der Waals surface area contributed by atoms with Crippen molar-refractivity contribution in [3.63, 3.8) is 0 Å². The van der Waals surface area contributed by atoms with Gasteiger partial charge in [-0.2, -0.15) is 0 Å². The van der Waals surface area contributed by atoms with Crippen LogP contribution >= 0.6 is 11.3 Å². The second-order valence-electron chi connectivity index (χ2n) is 2.74. The number of aromatic amines is 1. The standard InChI is InChI=1S/C9H9NO2S/c1-12-5-6-3-2-4-7-8(6)10-9(11)13-7/h2-4H,5H2,1H3,(H,10,11). The fourth-order valence-electron chi connectivity index (χ4n) is 1.31. The third-order valence-electron chi connectivity index (χ3n) is 1.84. The first-order valence-corrected chi connectivity index (χ1v) is 4.72. The molecular weight excluding hydrogens is 186 g/mol. The topological polar surface area (TPSA) is 42.1 Å². The van der Waals surface area contributed by atoms with E-state index in [0.29, 0.717) is 6.61 Å². The Labute approximate surface area is 79.0 Å². The van der Waals surface area contributed by atoms with Crippen molar-refractivity contribution in [2.75, 3.05) is 7.11 Å². The van der Waals surface area contributed by atoms with Crippen molar-refractivity contribution >= 4 is 21.6 Å². The summed E-state index contributed by atoms with van der Waals surface area (Å²) in [6.07, 6.45) is 0. The minimum atomic E-state index is -0.0152. The summed E-state index contributed by atoms with van der Waals surface area (Å²) in [6, 6.07) is 5.81. The molecule has 0 fully saturated rings. The highest BCUT2D eigenvalue weighted by Crippen LogP contribution is 2.18. The molecule has 0 saturated carbocycles. The van der Waals surface area contributed by atoms with Crippen LogP contribution in [0.5, 0.6) is 0 Å². The van der Waals surface area contributed by atoms with Crippen LogP contribution < -0.4 is 4.87 Å². The van der Waals surface area contributed by atoms with E-state index in [2.05, 4.69) is 4.98 Å². The Morgan fingerprint density at radius 3 is 3.15 bits per heavy atom. The number of benzene rings is 1. The SMILES string of the molecule is COCc1cccc2sc(=O)[nH]c12. The Kier molecular flexibility index (Phi) is 2.16. The number of H-pyrrole nitrogens is 1. The van der Waals surface area contributed by atoms with Crippen molar-refractivity contribution in [1.29, 1.82) is 0 Å². The van der Waals surface area contributed by atoms with Gasteiger partial charge in [-0.25, -0.2) is 0 Å². The van der Waals surface area contributed by atoms with Gasteiger partial charge in [0.15, 0.2) is 0 Å². The van der Waals surface area contributed by atoms with E-state index in [1.165, 1.54) is 11.3 Å². The van der Waals surface area contributed by atoms with Crippen LogP contribution in [0.1, 0.15) is 5.56 Å². The highest BCUT2D eigenvalue weighted by Gasteiger charge is 2.03. The van der Waals surface area contributed by atoms with Crippen LogP contribution in [0.3, 0.4) is 0 Å². The molecule has 2 rings (SSSR count). The molecule has 1 aromatic heterocycles. The first-order chi connectivity index (χ1) is 6.31. The van der Waals surface area contributed by atoms with Gasteiger partial charge in [-0.3, -0.25) is 4.79 Å². The maximum absolute atomic E-state index is 11.1. The summed E-state index contributed by atoms with van der Waals surface area (Å²) in [5.74, 6) is 0. The summed E-state index contributed by atoms with van der Waals surface area (Å²) >= 11 is 1.23. The highest BCUT2D eigenvalue weighted by atomic mass is 32.1. The Hall–Kier alpha value is -1.13. The van der Waals surface area contributed by atoms with Gasteiger partial charge in [0.05, 0.1) is 16.8 Å². The average Bonchev–Trinajstić information content (AvgIpc) is 2.47. The first kappa shape index (κ1) is 8.47. The van der Waals surface area contributed by atoms with Crippen molar-refractivity contribution in [3.05, 3.63) is 33.4 Å². The van der Waals surface area contributed by atoms with Gasteiger partial charge in [0.2, 0.25) is 0 Å². The molecule has 0 atom stereocenters. The molecular formula is C9H9NO2S. The molecule has 1 heterocycles. The van der Waals surface area contributed by atoms with Gasteiger partial charge in [-0.1, -0.05) is 23.5 Å². The Morgan fingerprint density at radius 2 is 2.38 bits per heavy atom. The van der Waals surface area contributed by atoms with Crippen LogP contribution in [0.4, 0.5) is 0 Å². The molecule has 0 radical (unpaired) electrons. The number of hydrogen-bond acceptors (Lipinski definition) is 3. The Balaban J connectivity index is 2.67. The van der Waals surface area contributed by atoms with Crippen molar-refractivity contribution < 1.29 is 4.74 Å². The van der Waals surface area contributed by atoms with E-state index >= 15 is 0 Å². The molecule has 0 aliphatic heterocycles. The van der Waals surface area contributed by atoms with Crippen LogP contribution in [0, 0.1) is 0 Å². The van der Waals surface area contributed by atoms with E-state index in [1.54, 1.807) is 7.11 Å². The predicted octanol–water partition coefficient (Wildman–Crippen LogP) is 1.74. The molecule has 2 aromatic rings. The Bertz CT molecular complexity index is 472. The van der Waals surface area contributed by atoms with Crippen LogP contribution in [-0.2, 0) is 11.3 Å². The molecule has 0 aliphatic rings. The molecule has 68 valence electrons. The lowest BCUT2D eigenvalue weighted by Gasteiger charge is -1.99. The van der Waals surface area contributed by atoms with Crippen LogP contribution in [0.2, 0.25) is 0 Å². The third-order valence-corrected chi connectivity index (χ3v) is 2.69. The summed E-state index contributed by atoms with van der Waals surface area (Å²) in [5, 5.41) is 0. The normalized spacial score (nSPS) is 10.8. The molecule has 1 aromatic carbocycles. The lowest BCUT2D eigenvalue weighted by atomic mass is 10.2. The zero-order chi connectivity index (χ0) is 9.26.